The van der Waals surface area contributed by atoms with Crippen LogP contribution in [-0.4, -0.2) is 36.4 Å². The van der Waals surface area contributed by atoms with Crippen molar-refractivity contribution in [3.63, 3.8) is 0 Å². The smallest absolute Gasteiger partial charge is 0.0972 e. The molecule has 2 aliphatic rings. The minimum absolute atomic E-state index is 0.374. The Bertz CT molecular complexity index is 238. The first kappa shape index (κ1) is 11.9. The molecular formula is C13H25N3. The third-order valence-electron chi connectivity index (χ3n) is 3.86. The Morgan fingerprint density at radius 2 is 1.88 bits per heavy atom. The van der Waals surface area contributed by atoms with E-state index in [1.165, 1.54) is 51.6 Å². The molecule has 3 nitrogen and oxygen atoms in total. The van der Waals surface area contributed by atoms with Crippen molar-refractivity contribution in [1.29, 1.82) is 0 Å². The topological polar surface area (TPSA) is 41.6 Å². The summed E-state index contributed by atoms with van der Waals surface area (Å²) >= 11 is 0. The summed E-state index contributed by atoms with van der Waals surface area (Å²) < 4.78 is 0. The van der Waals surface area contributed by atoms with Gasteiger partial charge in [-0.2, -0.15) is 0 Å². The Kier molecular flexibility index (Phi) is 4.22. The van der Waals surface area contributed by atoms with Gasteiger partial charge in [0.1, 0.15) is 0 Å². The van der Waals surface area contributed by atoms with Crippen molar-refractivity contribution in [3.05, 3.63) is 0 Å². The van der Waals surface area contributed by atoms with E-state index < -0.39 is 0 Å². The van der Waals surface area contributed by atoms with Crippen molar-refractivity contribution >= 4 is 5.84 Å². The molecule has 1 saturated carbocycles. The van der Waals surface area contributed by atoms with Gasteiger partial charge in [-0.05, 0) is 45.7 Å². The second-order valence-corrected chi connectivity index (χ2v) is 5.39. The zero-order valence-electron chi connectivity index (χ0n) is 10.5. The summed E-state index contributed by atoms with van der Waals surface area (Å²) in [5, 5.41) is 0. The lowest BCUT2D eigenvalue weighted by atomic mass is 10.1. The molecule has 1 aliphatic heterocycles. The largest absolute Gasteiger partial charge is 0.387 e. The van der Waals surface area contributed by atoms with Gasteiger partial charge >= 0.3 is 0 Å². The molecule has 16 heavy (non-hydrogen) atoms. The summed E-state index contributed by atoms with van der Waals surface area (Å²) in [6.45, 7) is 5.79. The van der Waals surface area contributed by atoms with E-state index in [4.69, 9.17) is 5.73 Å². The Balaban J connectivity index is 1.79. The number of amidine groups is 1. The quantitative estimate of drug-likeness (QED) is 0.585. The van der Waals surface area contributed by atoms with Crippen LogP contribution in [-0.2, 0) is 0 Å². The molecule has 2 fully saturated rings. The van der Waals surface area contributed by atoms with E-state index >= 15 is 0 Å². The molecule has 0 aromatic heterocycles. The summed E-state index contributed by atoms with van der Waals surface area (Å²) in [6.07, 6.45) is 7.89. The number of hydrogen-bond acceptors (Lipinski definition) is 2. The average Bonchev–Trinajstić information content (AvgIpc) is 2.88. The standard InChI is InChI=1S/C13H25N3/c1-11(10-16-8-4-5-9-16)15-13(14)12-6-2-3-7-12/h11-12H,2-10H2,1H3,(H2,14,15). The molecule has 1 atom stereocenters. The molecule has 3 heteroatoms. The molecule has 2 rings (SSSR count). The fourth-order valence-electron chi connectivity index (χ4n) is 2.96. The fourth-order valence-corrected chi connectivity index (χ4v) is 2.96. The highest BCUT2D eigenvalue weighted by Crippen LogP contribution is 2.24. The minimum Gasteiger partial charge on any atom is -0.387 e. The molecule has 1 unspecified atom stereocenters. The predicted octanol–water partition coefficient (Wildman–Crippen LogP) is 2.02. The second-order valence-electron chi connectivity index (χ2n) is 5.39. The lowest BCUT2D eigenvalue weighted by Crippen LogP contribution is -2.30. The second kappa shape index (κ2) is 5.67. The normalized spacial score (nSPS) is 26.4. The van der Waals surface area contributed by atoms with Gasteiger partial charge in [-0.3, -0.25) is 4.99 Å². The number of rotatable bonds is 4. The van der Waals surface area contributed by atoms with Gasteiger partial charge in [0, 0.05) is 12.5 Å². The SMILES string of the molecule is CC(CN1CCCC1)N=C(N)C1CCCC1. The highest BCUT2D eigenvalue weighted by atomic mass is 15.2. The van der Waals surface area contributed by atoms with Gasteiger partial charge in [0.2, 0.25) is 0 Å². The highest BCUT2D eigenvalue weighted by Gasteiger charge is 2.20. The molecular weight excluding hydrogens is 198 g/mol. The molecule has 0 amide bonds. The maximum atomic E-state index is 6.09. The lowest BCUT2D eigenvalue weighted by molar-refractivity contribution is 0.321. The van der Waals surface area contributed by atoms with Crippen LogP contribution in [0.15, 0.2) is 4.99 Å². The third-order valence-corrected chi connectivity index (χ3v) is 3.86. The van der Waals surface area contributed by atoms with Crippen LogP contribution in [0.4, 0.5) is 0 Å². The van der Waals surface area contributed by atoms with Gasteiger partial charge in [0.05, 0.1) is 11.9 Å². The van der Waals surface area contributed by atoms with Gasteiger partial charge < -0.3 is 10.6 Å². The van der Waals surface area contributed by atoms with Crippen LogP contribution >= 0.6 is 0 Å². The van der Waals surface area contributed by atoms with Crippen molar-refractivity contribution in [2.45, 2.75) is 51.5 Å². The lowest BCUT2D eigenvalue weighted by Gasteiger charge is -2.19. The molecule has 0 aromatic carbocycles. The van der Waals surface area contributed by atoms with Gasteiger partial charge in [0.25, 0.3) is 0 Å². The molecule has 0 radical (unpaired) electrons. The Morgan fingerprint density at radius 1 is 1.25 bits per heavy atom. The van der Waals surface area contributed by atoms with Crippen LogP contribution in [0.1, 0.15) is 45.4 Å². The van der Waals surface area contributed by atoms with Gasteiger partial charge in [0.15, 0.2) is 0 Å². The van der Waals surface area contributed by atoms with Gasteiger partial charge in [-0.1, -0.05) is 12.8 Å². The van der Waals surface area contributed by atoms with E-state index in [9.17, 15) is 0 Å². The maximum Gasteiger partial charge on any atom is 0.0972 e. The molecule has 0 bridgehead atoms. The van der Waals surface area contributed by atoms with E-state index in [0.717, 1.165) is 12.4 Å². The number of hydrogen-bond donors (Lipinski definition) is 1. The number of nitrogens with zero attached hydrogens (tertiary/aromatic N) is 2. The summed E-state index contributed by atoms with van der Waals surface area (Å²) in [5.74, 6) is 1.50. The van der Waals surface area contributed by atoms with E-state index in [-0.39, 0.29) is 0 Å². The monoisotopic (exact) mass is 223 g/mol. The first-order valence-corrected chi connectivity index (χ1v) is 6.81. The third kappa shape index (κ3) is 3.21. The first-order valence-electron chi connectivity index (χ1n) is 6.81. The van der Waals surface area contributed by atoms with E-state index in [0.29, 0.717) is 12.0 Å². The molecule has 92 valence electrons. The zero-order chi connectivity index (χ0) is 11.4. The zero-order valence-corrected chi connectivity index (χ0v) is 10.5. The van der Waals surface area contributed by atoms with Crippen LogP contribution in [0, 0.1) is 5.92 Å². The summed E-state index contributed by atoms with van der Waals surface area (Å²) in [6, 6.07) is 0.374. The highest BCUT2D eigenvalue weighted by molar-refractivity contribution is 5.83. The van der Waals surface area contributed by atoms with E-state index in [1.54, 1.807) is 0 Å². The molecule has 0 spiro atoms. The maximum absolute atomic E-state index is 6.09. The van der Waals surface area contributed by atoms with Crippen LogP contribution in [0.3, 0.4) is 0 Å². The number of aliphatic imine (C=N–C) groups is 1. The van der Waals surface area contributed by atoms with E-state index in [1.807, 2.05) is 0 Å². The van der Waals surface area contributed by atoms with E-state index in [2.05, 4.69) is 16.8 Å². The summed E-state index contributed by atoms with van der Waals surface area (Å²) in [4.78, 5) is 7.19. The molecule has 1 saturated heterocycles. The van der Waals surface area contributed by atoms with Gasteiger partial charge in [-0.25, -0.2) is 0 Å². The Labute approximate surface area is 99.1 Å². The average molecular weight is 223 g/mol. The van der Waals surface area contributed by atoms with Gasteiger partial charge in [-0.15, -0.1) is 0 Å². The molecule has 1 aliphatic carbocycles. The number of nitrogens with two attached hydrogens (primary N) is 1. The fraction of sp³-hybridized carbons (Fsp3) is 0.923. The van der Waals surface area contributed by atoms with Crippen molar-refractivity contribution < 1.29 is 0 Å². The van der Waals surface area contributed by atoms with Crippen molar-refractivity contribution in [2.75, 3.05) is 19.6 Å². The van der Waals surface area contributed by atoms with Crippen molar-refractivity contribution in [2.24, 2.45) is 16.6 Å². The minimum atomic E-state index is 0.374. The van der Waals surface area contributed by atoms with Crippen LogP contribution in [0.5, 0.6) is 0 Å². The van der Waals surface area contributed by atoms with Crippen LogP contribution in [0.2, 0.25) is 0 Å². The van der Waals surface area contributed by atoms with Crippen LogP contribution in [0.25, 0.3) is 0 Å². The molecule has 0 aromatic rings. The van der Waals surface area contributed by atoms with Crippen molar-refractivity contribution in [3.8, 4) is 0 Å². The molecule has 1 heterocycles. The molecule has 2 N–H and O–H groups in total. The predicted molar refractivity (Wildman–Crippen MR) is 68.7 cm³/mol. The summed E-state index contributed by atoms with van der Waals surface area (Å²) in [7, 11) is 0. The Morgan fingerprint density at radius 3 is 2.50 bits per heavy atom. The Hall–Kier alpha value is -0.570. The van der Waals surface area contributed by atoms with Crippen LogP contribution < -0.4 is 5.73 Å². The van der Waals surface area contributed by atoms with Crippen molar-refractivity contribution in [1.82, 2.24) is 4.90 Å². The summed E-state index contributed by atoms with van der Waals surface area (Å²) in [5.41, 5.74) is 6.09. The first-order chi connectivity index (χ1) is 7.75. The number of likely N-dealkylation sites (tertiary alicyclic amines) is 1.